The predicted molar refractivity (Wildman–Crippen MR) is 88.8 cm³/mol. The molecule has 0 radical (unpaired) electrons. The molecule has 2 rings (SSSR count). The van der Waals surface area contributed by atoms with E-state index >= 15 is 0 Å². The van der Waals surface area contributed by atoms with Crippen molar-refractivity contribution in [2.24, 2.45) is 0 Å². The molecule has 0 aliphatic carbocycles. The van der Waals surface area contributed by atoms with E-state index in [1.165, 1.54) is 11.3 Å². The molecule has 0 saturated carbocycles. The first-order valence-corrected chi connectivity index (χ1v) is 8.07. The number of rotatable bonds is 6. The average molecular weight is 338 g/mol. The van der Waals surface area contributed by atoms with Gasteiger partial charge in [0.25, 0.3) is 0 Å². The van der Waals surface area contributed by atoms with Crippen molar-refractivity contribution < 1.29 is 14.7 Å². The van der Waals surface area contributed by atoms with Crippen LogP contribution in [0.4, 0.5) is 5.69 Å². The zero-order valence-corrected chi connectivity index (χ0v) is 13.6. The molecule has 1 atom stereocenters. The Kier molecular flexibility index (Phi) is 5.57. The van der Waals surface area contributed by atoms with Crippen LogP contribution in [-0.2, 0) is 16.0 Å². The molecule has 1 heterocycles. The third-order valence-corrected chi connectivity index (χ3v) is 4.61. The molecule has 0 bridgehead atoms. The molecule has 1 amide bonds. The summed E-state index contributed by atoms with van der Waals surface area (Å²) in [5, 5.41) is 14.3. The highest BCUT2D eigenvalue weighted by molar-refractivity contribution is 7.10. The minimum atomic E-state index is -0.891. The minimum absolute atomic E-state index is 0.107. The van der Waals surface area contributed by atoms with Crippen LogP contribution in [0.3, 0.4) is 0 Å². The number of carbonyl (C=O) groups is 2. The number of anilines is 1. The molecule has 116 valence electrons. The Bertz CT molecular complexity index is 684. The number of nitrogens with one attached hydrogen (secondary N) is 1. The molecule has 6 heteroatoms. The lowest BCUT2D eigenvalue weighted by molar-refractivity contribution is -0.138. The molecule has 4 nitrogen and oxygen atoms in total. The lowest BCUT2D eigenvalue weighted by Crippen LogP contribution is -2.13. The summed E-state index contributed by atoms with van der Waals surface area (Å²) in [5.74, 6) is -1.60. The summed E-state index contributed by atoms with van der Waals surface area (Å²) < 4.78 is 0. The van der Waals surface area contributed by atoms with Crippen molar-refractivity contribution >= 4 is 40.5 Å². The van der Waals surface area contributed by atoms with Crippen LogP contribution >= 0.6 is 22.9 Å². The fraction of sp³-hybridized carbons (Fsp3) is 0.250. The van der Waals surface area contributed by atoms with Crippen LogP contribution in [0.2, 0.25) is 5.02 Å². The SMILES string of the molecule is CC(C(=O)O)c1cccc(NC(=O)CCc2cc(Cl)cs2)c1. The first-order valence-electron chi connectivity index (χ1n) is 6.81. The number of thiophene rings is 1. The van der Waals surface area contributed by atoms with Gasteiger partial charge in [0.05, 0.1) is 10.9 Å². The van der Waals surface area contributed by atoms with E-state index in [0.29, 0.717) is 29.1 Å². The second-order valence-electron chi connectivity index (χ2n) is 4.96. The van der Waals surface area contributed by atoms with Crippen LogP contribution in [0.5, 0.6) is 0 Å². The number of aliphatic carboxylic acids is 1. The molecular formula is C16H16ClNO3S. The standard InChI is InChI=1S/C16H16ClNO3S/c1-10(16(20)21)11-3-2-4-13(7-11)18-15(19)6-5-14-8-12(17)9-22-14/h2-4,7-10H,5-6H2,1H3,(H,18,19)(H,20,21). The molecule has 22 heavy (non-hydrogen) atoms. The number of benzene rings is 1. The summed E-state index contributed by atoms with van der Waals surface area (Å²) >= 11 is 7.37. The zero-order chi connectivity index (χ0) is 16.1. The lowest BCUT2D eigenvalue weighted by atomic mass is 10.0. The van der Waals surface area contributed by atoms with Crippen LogP contribution in [0.1, 0.15) is 29.7 Å². The minimum Gasteiger partial charge on any atom is -0.481 e. The zero-order valence-electron chi connectivity index (χ0n) is 12.0. The number of carbonyl (C=O) groups excluding carboxylic acids is 1. The Hall–Kier alpha value is -1.85. The molecular weight excluding hydrogens is 322 g/mol. The van der Waals surface area contributed by atoms with Gasteiger partial charge in [-0.2, -0.15) is 0 Å². The van der Waals surface area contributed by atoms with Crippen LogP contribution < -0.4 is 5.32 Å². The van der Waals surface area contributed by atoms with Crippen molar-refractivity contribution in [2.75, 3.05) is 5.32 Å². The molecule has 1 aromatic heterocycles. The van der Waals surface area contributed by atoms with Crippen LogP contribution in [0.25, 0.3) is 0 Å². The van der Waals surface area contributed by atoms with Crippen molar-refractivity contribution in [2.45, 2.75) is 25.7 Å². The van der Waals surface area contributed by atoms with E-state index in [1.807, 2.05) is 11.4 Å². The van der Waals surface area contributed by atoms with Gasteiger partial charge in [0.15, 0.2) is 0 Å². The molecule has 1 aromatic carbocycles. The van der Waals surface area contributed by atoms with E-state index in [1.54, 1.807) is 31.2 Å². The van der Waals surface area contributed by atoms with Crippen molar-refractivity contribution in [3.8, 4) is 0 Å². The lowest BCUT2D eigenvalue weighted by Gasteiger charge is -2.10. The summed E-state index contributed by atoms with van der Waals surface area (Å²) in [4.78, 5) is 24.0. The van der Waals surface area contributed by atoms with Crippen molar-refractivity contribution in [3.63, 3.8) is 0 Å². The van der Waals surface area contributed by atoms with Crippen LogP contribution in [0, 0.1) is 0 Å². The monoisotopic (exact) mass is 337 g/mol. The summed E-state index contributed by atoms with van der Waals surface area (Å²) in [6.45, 7) is 1.61. The molecule has 2 N–H and O–H groups in total. The van der Waals surface area contributed by atoms with Gasteiger partial charge in [0, 0.05) is 22.4 Å². The van der Waals surface area contributed by atoms with E-state index in [0.717, 1.165) is 4.88 Å². The number of amides is 1. The maximum absolute atomic E-state index is 12.0. The molecule has 2 aromatic rings. The maximum atomic E-state index is 12.0. The highest BCUT2D eigenvalue weighted by atomic mass is 35.5. The van der Waals surface area contributed by atoms with Crippen LogP contribution in [0.15, 0.2) is 35.7 Å². The Labute approximate surface area is 137 Å². The number of hydrogen-bond acceptors (Lipinski definition) is 3. The fourth-order valence-corrected chi connectivity index (χ4v) is 3.05. The van der Waals surface area contributed by atoms with Gasteiger partial charge in [-0.15, -0.1) is 11.3 Å². The Morgan fingerprint density at radius 2 is 2.14 bits per heavy atom. The molecule has 0 fully saturated rings. The highest BCUT2D eigenvalue weighted by Crippen LogP contribution is 2.22. The van der Waals surface area contributed by atoms with Crippen molar-refractivity contribution in [1.29, 1.82) is 0 Å². The molecule has 0 spiro atoms. The first kappa shape index (κ1) is 16.5. The third-order valence-electron chi connectivity index (χ3n) is 3.26. The molecule has 0 aliphatic rings. The fourth-order valence-electron chi connectivity index (χ4n) is 1.97. The van der Waals surface area contributed by atoms with Crippen molar-refractivity contribution in [1.82, 2.24) is 0 Å². The highest BCUT2D eigenvalue weighted by Gasteiger charge is 2.14. The maximum Gasteiger partial charge on any atom is 0.310 e. The van der Waals surface area contributed by atoms with Gasteiger partial charge in [-0.25, -0.2) is 0 Å². The molecule has 0 aliphatic heterocycles. The Balaban J connectivity index is 1.93. The molecule has 0 saturated heterocycles. The quantitative estimate of drug-likeness (QED) is 0.831. The first-order chi connectivity index (χ1) is 10.5. The number of carboxylic acid groups (broad SMARTS) is 1. The van der Waals surface area contributed by atoms with Gasteiger partial charge in [0.1, 0.15) is 0 Å². The second-order valence-corrected chi connectivity index (χ2v) is 6.40. The number of hydrogen-bond donors (Lipinski definition) is 2. The normalized spacial score (nSPS) is 11.9. The summed E-state index contributed by atoms with van der Waals surface area (Å²) in [7, 11) is 0. The number of carboxylic acids is 1. The van der Waals surface area contributed by atoms with Crippen LogP contribution in [-0.4, -0.2) is 17.0 Å². The van der Waals surface area contributed by atoms with Crippen molar-refractivity contribution in [3.05, 3.63) is 51.2 Å². The van der Waals surface area contributed by atoms with E-state index in [-0.39, 0.29) is 5.91 Å². The Morgan fingerprint density at radius 3 is 2.77 bits per heavy atom. The second kappa shape index (κ2) is 7.42. The largest absolute Gasteiger partial charge is 0.481 e. The summed E-state index contributed by atoms with van der Waals surface area (Å²) in [6, 6.07) is 8.77. The number of halogens is 1. The van der Waals surface area contributed by atoms with Gasteiger partial charge in [-0.05, 0) is 37.1 Å². The topological polar surface area (TPSA) is 66.4 Å². The summed E-state index contributed by atoms with van der Waals surface area (Å²) in [5.41, 5.74) is 1.27. The van der Waals surface area contributed by atoms with E-state index in [2.05, 4.69) is 5.32 Å². The smallest absolute Gasteiger partial charge is 0.310 e. The Morgan fingerprint density at radius 1 is 1.36 bits per heavy atom. The summed E-state index contributed by atoms with van der Waals surface area (Å²) in [6.07, 6.45) is 0.990. The van der Waals surface area contributed by atoms with E-state index < -0.39 is 11.9 Å². The van der Waals surface area contributed by atoms with Gasteiger partial charge in [0.2, 0.25) is 5.91 Å². The van der Waals surface area contributed by atoms with Gasteiger partial charge >= 0.3 is 5.97 Å². The average Bonchev–Trinajstić information content (AvgIpc) is 2.90. The predicted octanol–water partition coefficient (Wildman–Crippen LogP) is 4.16. The van der Waals surface area contributed by atoms with Gasteiger partial charge in [-0.1, -0.05) is 23.7 Å². The third kappa shape index (κ3) is 4.58. The van der Waals surface area contributed by atoms with E-state index in [4.69, 9.17) is 16.7 Å². The molecule has 1 unspecified atom stereocenters. The van der Waals surface area contributed by atoms with E-state index in [9.17, 15) is 9.59 Å². The number of aryl methyl sites for hydroxylation is 1. The van der Waals surface area contributed by atoms with Gasteiger partial charge < -0.3 is 10.4 Å². The van der Waals surface area contributed by atoms with Gasteiger partial charge in [-0.3, -0.25) is 9.59 Å².